The molecule has 1 atom stereocenters. The second kappa shape index (κ2) is 9.04. The molecule has 4 heteroatoms. The quantitative estimate of drug-likeness (QED) is 0.841. The van der Waals surface area contributed by atoms with E-state index >= 15 is 0 Å². The molecule has 1 saturated carbocycles. The van der Waals surface area contributed by atoms with E-state index in [-0.39, 0.29) is 18.6 Å². The fraction of sp³-hybridized carbons (Fsp3) is 0.632. The zero-order valence-corrected chi connectivity index (χ0v) is 14.4. The topological polar surface area (TPSA) is 43.8 Å². The second-order valence-electron chi connectivity index (χ2n) is 6.65. The van der Waals surface area contributed by atoms with Gasteiger partial charge in [0.05, 0.1) is 6.54 Å². The van der Waals surface area contributed by atoms with E-state index in [9.17, 15) is 9.90 Å². The summed E-state index contributed by atoms with van der Waals surface area (Å²) in [6.07, 6.45) is 6.66. The smallest absolute Gasteiger partial charge is 0.236 e. The number of nitrogens with zero attached hydrogens (tertiary/aromatic N) is 2. The SMILES string of the molecule is CN(CC(=O)N(C)C1CCCCC1)C(CCO)c1ccccc1. The second-order valence-corrected chi connectivity index (χ2v) is 6.65. The molecule has 0 saturated heterocycles. The zero-order chi connectivity index (χ0) is 16.7. The molecule has 4 nitrogen and oxygen atoms in total. The Hall–Kier alpha value is -1.39. The number of benzene rings is 1. The van der Waals surface area contributed by atoms with Gasteiger partial charge in [-0.2, -0.15) is 0 Å². The van der Waals surface area contributed by atoms with Crippen molar-refractivity contribution in [2.24, 2.45) is 0 Å². The van der Waals surface area contributed by atoms with E-state index in [0.29, 0.717) is 19.0 Å². The summed E-state index contributed by atoms with van der Waals surface area (Å²) in [4.78, 5) is 16.6. The van der Waals surface area contributed by atoms with Gasteiger partial charge in [0.15, 0.2) is 0 Å². The first-order valence-corrected chi connectivity index (χ1v) is 8.75. The van der Waals surface area contributed by atoms with Gasteiger partial charge in [-0.25, -0.2) is 0 Å². The van der Waals surface area contributed by atoms with Crippen LogP contribution >= 0.6 is 0 Å². The molecule has 1 amide bonds. The molecule has 1 aromatic rings. The number of amides is 1. The summed E-state index contributed by atoms with van der Waals surface area (Å²) >= 11 is 0. The zero-order valence-electron chi connectivity index (χ0n) is 14.4. The molecule has 0 bridgehead atoms. The Morgan fingerprint density at radius 3 is 2.43 bits per heavy atom. The largest absolute Gasteiger partial charge is 0.396 e. The summed E-state index contributed by atoms with van der Waals surface area (Å²) in [5.41, 5.74) is 1.15. The summed E-state index contributed by atoms with van der Waals surface area (Å²) in [6, 6.07) is 10.6. The molecule has 0 radical (unpaired) electrons. The minimum absolute atomic E-state index is 0.0740. The summed E-state index contributed by atoms with van der Waals surface area (Å²) < 4.78 is 0. The molecule has 2 rings (SSSR count). The van der Waals surface area contributed by atoms with Crippen LogP contribution in [0.5, 0.6) is 0 Å². The van der Waals surface area contributed by atoms with Gasteiger partial charge in [-0.3, -0.25) is 9.69 Å². The molecule has 1 unspecified atom stereocenters. The Morgan fingerprint density at radius 2 is 1.83 bits per heavy atom. The van der Waals surface area contributed by atoms with Crippen LogP contribution in [0.4, 0.5) is 0 Å². The molecule has 1 aliphatic carbocycles. The summed E-state index contributed by atoms with van der Waals surface area (Å²) in [7, 11) is 3.91. The maximum absolute atomic E-state index is 12.6. The highest BCUT2D eigenvalue weighted by atomic mass is 16.3. The lowest BCUT2D eigenvalue weighted by Crippen LogP contribution is -2.44. The maximum atomic E-state index is 12.6. The predicted octanol–water partition coefficient (Wildman–Crippen LogP) is 2.83. The standard InChI is InChI=1S/C19H30N2O2/c1-20(18(13-14-22)16-9-5-3-6-10-16)15-19(23)21(2)17-11-7-4-8-12-17/h3,5-6,9-10,17-18,22H,4,7-8,11-15H2,1-2H3. The van der Waals surface area contributed by atoms with Crippen molar-refractivity contribution in [1.82, 2.24) is 9.80 Å². The molecule has 0 aliphatic heterocycles. The van der Waals surface area contributed by atoms with Crippen LogP contribution in [-0.4, -0.2) is 54.1 Å². The molecule has 1 aromatic carbocycles. The van der Waals surface area contributed by atoms with Gasteiger partial charge in [0.2, 0.25) is 5.91 Å². The molecule has 128 valence electrons. The first-order valence-electron chi connectivity index (χ1n) is 8.75. The van der Waals surface area contributed by atoms with E-state index in [1.807, 2.05) is 37.2 Å². The lowest BCUT2D eigenvalue weighted by Gasteiger charge is -2.34. The van der Waals surface area contributed by atoms with Crippen molar-refractivity contribution < 1.29 is 9.90 Å². The Kier molecular flexibility index (Phi) is 7.06. The molecule has 1 fully saturated rings. The normalized spacial score (nSPS) is 17.2. The number of carbonyl (C=O) groups is 1. The first-order chi connectivity index (χ1) is 11.1. The predicted molar refractivity (Wildman–Crippen MR) is 93.2 cm³/mol. The summed E-state index contributed by atoms with van der Waals surface area (Å²) in [5, 5.41) is 9.37. The van der Waals surface area contributed by atoms with E-state index in [2.05, 4.69) is 17.0 Å². The molecule has 1 N–H and O–H groups in total. The maximum Gasteiger partial charge on any atom is 0.236 e. The minimum atomic E-state index is 0.0740. The fourth-order valence-corrected chi connectivity index (χ4v) is 3.55. The number of aliphatic hydroxyl groups excluding tert-OH is 1. The minimum Gasteiger partial charge on any atom is -0.396 e. The van der Waals surface area contributed by atoms with Gasteiger partial charge < -0.3 is 10.0 Å². The van der Waals surface area contributed by atoms with Crippen LogP contribution in [-0.2, 0) is 4.79 Å². The number of hydrogen-bond acceptors (Lipinski definition) is 3. The lowest BCUT2D eigenvalue weighted by atomic mass is 9.94. The Morgan fingerprint density at radius 1 is 1.17 bits per heavy atom. The van der Waals surface area contributed by atoms with Crippen LogP contribution in [0.15, 0.2) is 30.3 Å². The van der Waals surface area contributed by atoms with Gasteiger partial charge in [-0.15, -0.1) is 0 Å². The third kappa shape index (κ3) is 5.05. The van der Waals surface area contributed by atoms with Gasteiger partial charge in [0.25, 0.3) is 0 Å². The van der Waals surface area contributed by atoms with Crippen molar-refractivity contribution in [2.75, 3.05) is 27.2 Å². The van der Waals surface area contributed by atoms with Crippen molar-refractivity contribution in [3.8, 4) is 0 Å². The highest BCUT2D eigenvalue weighted by Crippen LogP contribution is 2.24. The molecular weight excluding hydrogens is 288 g/mol. The Labute approximate surface area is 140 Å². The van der Waals surface area contributed by atoms with Gasteiger partial charge in [-0.1, -0.05) is 49.6 Å². The van der Waals surface area contributed by atoms with Crippen molar-refractivity contribution in [3.05, 3.63) is 35.9 Å². The van der Waals surface area contributed by atoms with E-state index < -0.39 is 0 Å². The highest BCUT2D eigenvalue weighted by molar-refractivity contribution is 5.78. The van der Waals surface area contributed by atoms with Crippen molar-refractivity contribution >= 4 is 5.91 Å². The average molecular weight is 318 g/mol. The van der Waals surface area contributed by atoms with Crippen LogP contribution in [0.2, 0.25) is 0 Å². The van der Waals surface area contributed by atoms with Crippen LogP contribution in [0.3, 0.4) is 0 Å². The Bertz CT molecular complexity index is 472. The van der Waals surface area contributed by atoms with Crippen molar-refractivity contribution in [3.63, 3.8) is 0 Å². The van der Waals surface area contributed by atoms with Crippen LogP contribution in [0.25, 0.3) is 0 Å². The molecule has 0 heterocycles. The van der Waals surface area contributed by atoms with Gasteiger partial charge in [0.1, 0.15) is 0 Å². The molecular formula is C19H30N2O2. The summed E-state index contributed by atoms with van der Waals surface area (Å²) in [6.45, 7) is 0.517. The summed E-state index contributed by atoms with van der Waals surface area (Å²) in [5.74, 6) is 0.179. The highest BCUT2D eigenvalue weighted by Gasteiger charge is 2.25. The third-order valence-corrected chi connectivity index (χ3v) is 5.02. The van der Waals surface area contributed by atoms with Crippen LogP contribution in [0.1, 0.15) is 50.1 Å². The third-order valence-electron chi connectivity index (χ3n) is 5.02. The lowest BCUT2D eigenvalue weighted by molar-refractivity contribution is -0.134. The number of hydrogen-bond donors (Lipinski definition) is 1. The van der Waals surface area contributed by atoms with Crippen LogP contribution < -0.4 is 0 Å². The van der Waals surface area contributed by atoms with Gasteiger partial charge >= 0.3 is 0 Å². The number of rotatable bonds is 7. The number of likely N-dealkylation sites (N-methyl/N-ethyl adjacent to an activating group) is 2. The van der Waals surface area contributed by atoms with Gasteiger partial charge in [-0.05, 0) is 31.9 Å². The van der Waals surface area contributed by atoms with E-state index in [0.717, 1.165) is 18.4 Å². The van der Waals surface area contributed by atoms with Crippen LogP contribution in [0, 0.1) is 0 Å². The average Bonchev–Trinajstić information content (AvgIpc) is 2.60. The number of aliphatic hydroxyl groups is 1. The number of carbonyl (C=O) groups excluding carboxylic acids is 1. The first kappa shape index (κ1) is 18.0. The van der Waals surface area contributed by atoms with Gasteiger partial charge in [0, 0.05) is 25.7 Å². The van der Waals surface area contributed by atoms with E-state index in [4.69, 9.17) is 0 Å². The van der Waals surface area contributed by atoms with E-state index in [1.54, 1.807) is 0 Å². The molecule has 1 aliphatic rings. The Balaban J connectivity index is 1.97. The van der Waals surface area contributed by atoms with Crippen molar-refractivity contribution in [1.29, 1.82) is 0 Å². The monoisotopic (exact) mass is 318 g/mol. The molecule has 0 aromatic heterocycles. The van der Waals surface area contributed by atoms with Crippen molar-refractivity contribution in [2.45, 2.75) is 50.6 Å². The fourth-order valence-electron chi connectivity index (χ4n) is 3.55. The van der Waals surface area contributed by atoms with E-state index in [1.165, 1.54) is 19.3 Å². The molecule has 0 spiro atoms. The molecule has 23 heavy (non-hydrogen) atoms.